The summed E-state index contributed by atoms with van der Waals surface area (Å²) >= 11 is 0. The highest BCUT2D eigenvalue weighted by Gasteiger charge is 2.35. The van der Waals surface area contributed by atoms with Crippen LogP contribution >= 0.6 is 0 Å². The molecule has 1 aliphatic rings. The molecule has 2 atom stereocenters. The average molecular weight is 356 g/mol. The number of hydrogen-bond acceptors (Lipinski definition) is 7. The van der Waals surface area contributed by atoms with Crippen molar-refractivity contribution in [1.82, 2.24) is 9.78 Å². The Morgan fingerprint density at radius 1 is 1.24 bits per heavy atom. The second-order valence-corrected chi connectivity index (χ2v) is 7.63. The van der Waals surface area contributed by atoms with Gasteiger partial charge in [-0.25, -0.2) is 9.59 Å². The van der Waals surface area contributed by atoms with E-state index >= 15 is 0 Å². The first-order valence-corrected chi connectivity index (χ1v) is 8.10. The number of aromatic nitrogens is 2. The third-order valence-corrected chi connectivity index (χ3v) is 2.60. The molecule has 2 heterocycles. The molecule has 2 unspecified atom stereocenters. The maximum atomic E-state index is 11.4. The highest BCUT2D eigenvalue weighted by atomic mass is 16.6. The predicted molar refractivity (Wildman–Crippen MR) is 89.7 cm³/mol. The van der Waals surface area contributed by atoms with Gasteiger partial charge in [0.2, 0.25) is 0 Å². The van der Waals surface area contributed by atoms with Gasteiger partial charge in [0.1, 0.15) is 11.2 Å². The lowest BCUT2D eigenvalue weighted by molar-refractivity contribution is -0.165. The maximum absolute atomic E-state index is 11.4. The van der Waals surface area contributed by atoms with E-state index in [0.29, 0.717) is 6.61 Å². The van der Waals surface area contributed by atoms with Crippen LogP contribution in [0.4, 0.5) is 0 Å². The van der Waals surface area contributed by atoms with E-state index in [0.717, 1.165) is 0 Å². The van der Waals surface area contributed by atoms with E-state index in [9.17, 15) is 14.7 Å². The van der Waals surface area contributed by atoms with Crippen molar-refractivity contribution in [2.45, 2.75) is 71.5 Å². The molecule has 142 valence electrons. The number of carbonyl (C=O) groups excluding carboxylic acids is 2. The third-order valence-electron chi connectivity index (χ3n) is 2.60. The van der Waals surface area contributed by atoms with E-state index in [4.69, 9.17) is 14.2 Å². The first-order chi connectivity index (χ1) is 11.4. The molecule has 1 aromatic heterocycles. The summed E-state index contributed by atoms with van der Waals surface area (Å²) in [6.45, 7) is 11.4. The van der Waals surface area contributed by atoms with Crippen LogP contribution in [0.25, 0.3) is 0 Å². The Morgan fingerprint density at radius 2 is 1.80 bits per heavy atom. The van der Waals surface area contributed by atoms with E-state index in [1.54, 1.807) is 39.2 Å². The molecule has 0 radical (unpaired) electrons. The molecule has 8 nitrogen and oxygen atoms in total. The minimum atomic E-state index is -1.18. The van der Waals surface area contributed by atoms with Crippen molar-refractivity contribution in [2.75, 3.05) is 6.61 Å². The van der Waals surface area contributed by atoms with Gasteiger partial charge in [0.05, 0.1) is 13.2 Å². The fourth-order valence-electron chi connectivity index (χ4n) is 1.58. The molecule has 0 bridgehead atoms. The van der Waals surface area contributed by atoms with Crippen molar-refractivity contribution in [1.29, 1.82) is 0 Å². The molecular weight excluding hydrogens is 328 g/mol. The second-order valence-electron chi connectivity index (χ2n) is 7.63. The quantitative estimate of drug-likeness (QED) is 0.641. The zero-order valence-electron chi connectivity index (χ0n) is 15.7. The zero-order valence-corrected chi connectivity index (χ0v) is 15.7. The van der Waals surface area contributed by atoms with Crippen molar-refractivity contribution in [3.63, 3.8) is 0 Å². The summed E-state index contributed by atoms with van der Waals surface area (Å²) < 4.78 is 16.2. The molecule has 1 aromatic rings. The fourth-order valence-corrected chi connectivity index (χ4v) is 1.58. The molecule has 0 saturated carbocycles. The number of hydrogen-bond donors (Lipinski definition) is 1. The lowest BCUT2D eigenvalue weighted by Gasteiger charge is -2.21. The molecule has 1 fully saturated rings. The van der Waals surface area contributed by atoms with Crippen LogP contribution in [-0.4, -0.2) is 56.8 Å². The molecule has 1 N–H and O–H groups in total. The molecule has 2 rings (SSSR count). The minimum Gasteiger partial charge on any atom is -0.458 e. The lowest BCUT2D eigenvalue weighted by Crippen LogP contribution is -2.34. The van der Waals surface area contributed by atoms with Crippen molar-refractivity contribution >= 4 is 11.9 Å². The van der Waals surface area contributed by atoms with Gasteiger partial charge in [-0.05, 0) is 47.6 Å². The largest absolute Gasteiger partial charge is 0.458 e. The number of ether oxygens (including phenoxy) is 3. The monoisotopic (exact) mass is 356 g/mol. The van der Waals surface area contributed by atoms with Crippen LogP contribution in [0.15, 0.2) is 18.5 Å². The molecular formula is C17H28N2O6. The number of nitrogens with zero attached hydrogens (tertiary/aromatic N) is 2. The SMILES string of the molecule is CC(C)(C)OC(=O)C(O)Cn1cccn1.CC(C)(C)OC(=O)C1CO1. The zero-order chi connectivity index (χ0) is 19.3. The Hall–Kier alpha value is -1.93. The topological polar surface area (TPSA) is 103 Å². The molecule has 1 aliphatic heterocycles. The van der Waals surface area contributed by atoms with Crippen molar-refractivity contribution in [2.24, 2.45) is 0 Å². The van der Waals surface area contributed by atoms with E-state index in [2.05, 4.69) is 5.10 Å². The number of carbonyl (C=O) groups is 2. The Kier molecular flexibility index (Phi) is 7.13. The fraction of sp³-hybridized carbons (Fsp3) is 0.706. The number of aliphatic hydroxyl groups is 1. The van der Waals surface area contributed by atoms with Crippen LogP contribution in [0.3, 0.4) is 0 Å². The summed E-state index contributed by atoms with van der Waals surface area (Å²) in [4.78, 5) is 22.2. The number of aliphatic hydroxyl groups excluding tert-OH is 1. The van der Waals surface area contributed by atoms with Gasteiger partial charge in [-0.1, -0.05) is 0 Å². The smallest absolute Gasteiger partial charge is 0.338 e. The van der Waals surface area contributed by atoms with Gasteiger partial charge in [0.25, 0.3) is 0 Å². The molecule has 1 saturated heterocycles. The van der Waals surface area contributed by atoms with Crippen molar-refractivity contribution < 1.29 is 28.9 Å². The van der Waals surface area contributed by atoms with Gasteiger partial charge in [0, 0.05) is 12.4 Å². The minimum absolute atomic E-state index is 0.113. The van der Waals surface area contributed by atoms with Crippen LogP contribution in [0.2, 0.25) is 0 Å². The summed E-state index contributed by atoms with van der Waals surface area (Å²) in [6.07, 6.45) is 1.80. The van der Waals surface area contributed by atoms with Gasteiger partial charge in [-0.15, -0.1) is 0 Å². The van der Waals surface area contributed by atoms with E-state index in [1.807, 2.05) is 20.8 Å². The average Bonchev–Trinajstić information content (AvgIpc) is 3.15. The van der Waals surface area contributed by atoms with E-state index < -0.39 is 17.7 Å². The molecule has 8 heteroatoms. The van der Waals surface area contributed by atoms with Gasteiger partial charge in [0.15, 0.2) is 12.2 Å². The highest BCUT2D eigenvalue weighted by molar-refractivity contribution is 5.77. The Labute approximate surface area is 148 Å². The number of rotatable bonds is 4. The molecule has 0 aliphatic carbocycles. The van der Waals surface area contributed by atoms with Crippen LogP contribution in [0.5, 0.6) is 0 Å². The summed E-state index contributed by atoms with van der Waals surface area (Å²) in [5.74, 6) is -0.870. The van der Waals surface area contributed by atoms with Crippen molar-refractivity contribution in [3.05, 3.63) is 18.5 Å². The van der Waals surface area contributed by atoms with E-state index in [1.165, 1.54) is 4.68 Å². The summed E-state index contributed by atoms with van der Waals surface area (Å²) in [5.41, 5.74) is -0.967. The molecule has 25 heavy (non-hydrogen) atoms. The van der Waals surface area contributed by atoms with Crippen LogP contribution in [-0.2, 0) is 30.3 Å². The van der Waals surface area contributed by atoms with Gasteiger partial charge in [-0.3, -0.25) is 4.68 Å². The molecule has 0 amide bonds. The van der Waals surface area contributed by atoms with Gasteiger partial charge in [-0.2, -0.15) is 5.10 Å². The van der Waals surface area contributed by atoms with Crippen LogP contribution < -0.4 is 0 Å². The molecule has 0 spiro atoms. The summed E-state index contributed by atoms with van der Waals surface area (Å²) in [6, 6.07) is 1.72. The second kappa shape index (κ2) is 8.44. The first kappa shape index (κ1) is 21.1. The van der Waals surface area contributed by atoms with Crippen molar-refractivity contribution in [3.8, 4) is 0 Å². The van der Waals surface area contributed by atoms with Gasteiger partial charge < -0.3 is 19.3 Å². The highest BCUT2D eigenvalue weighted by Crippen LogP contribution is 2.16. The number of esters is 2. The summed E-state index contributed by atoms with van der Waals surface area (Å²) in [5, 5.41) is 13.4. The third kappa shape index (κ3) is 9.83. The summed E-state index contributed by atoms with van der Waals surface area (Å²) in [7, 11) is 0. The lowest BCUT2D eigenvalue weighted by atomic mass is 10.2. The predicted octanol–water partition coefficient (Wildman–Crippen LogP) is 1.31. The standard InChI is InChI=1S/C10H16N2O3.C7H12O3/c1-10(2,3)15-9(14)8(13)7-12-6-4-5-11-12;1-7(2,3)10-6(8)5-4-9-5/h4-6,8,13H,7H2,1-3H3;5H,4H2,1-3H3. The maximum Gasteiger partial charge on any atom is 0.338 e. The Balaban J connectivity index is 0.000000271. The Morgan fingerprint density at radius 3 is 2.20 bits per heavy atom. The van der Waals surface area contributed by atoms with Crippen LogP contribution in [0.1, 0.15) is 41.5 Å². The van der Waals surface area contributed by atoms with Crippen LogP contribution in [0, 0.1) is 0 Å². The first-order valence-electron chi connectivity index (χ1n) is 8.10. The van der Waals surface area contributed by atoms with Gasteiger partial charge >= 0.3 is 11.9 Å². The molecule has 0 aromatic carbocycles. The Bertz CT molecular complexity index is 553. The van der Waals surface area contributed by atoms with E-state index in [-0.39, 0.29) is 24.2 Å². The number of epoxide rings is 1. The normalized spacial score (nSPS) is 17.8.